The summed E-state index contributed by atoms with van der Waals surface area (Å²) in [4.78, 5) is 21.3. The predicted molar refractivity (Wildman–Crippen MR) is 89.6 cm³/mol. The summed E-state index contributed by atoms with van der Waals surface area (Å²) in [6.45, 7) is 3.34. The molecule has 1 aromatic heterocycles. The lowest BCUT2D eigenvalue weighted by atomic mass is 10.1. The first-order chi connectivity index (χ1) is 10.2. The van der Waals surface area contributed by atoms with Crippen LogP contribution in [0.4, 0.5) is 0 Å². The lowest BCUT2D eigenvalue weighted by molar-refractivity contribution is 0.242. The minimum atomic E-state index is -0.211. The number of nitrogens with one attached hydrogen (secondary N) is 1. The molecular weight excluding hydrogens is 306 g/mol. The van der Waals surface area contributed by atoms with Crippen LogP contribution in [0.2, 0.25) is 0 Å². The number of H-pyrrole nitrogens is 1. The highest BCUT2D eigenvalue weighted by atomic mass is 32.2. The molecule has 1 fully saturated rings. The average molecular weight is 329 g/mol. The molecule has 0 saturated carbocycles. The monoisotopic (exact) mass is 329 g/mol. The van der Waals surface area contributed by atoms with E-state index in [4.69, 9.17) is 0 Å². The molecule has 0 amide bonds. The van der Waals surface area contributed by atoms with Crippen molar-refractivity contribution in [3.05, 3.63) is 15.9 Å². The first-order valence-corrected chi connectivity index (χ1v) is 9.75. The van der Waals surface area contributed by atoms with Crippen molar-refractivity contribution in [2.45, 2.75) is 30.8 Å². The van der Waals surface area contributed by atoms with Crippen LogP contribution in [0.25, 0.3) is 0 Å². The molecule has 1 saturated heterocycles. The molecule has 7 heteroatoms. The first-order valence-electron chi connectivity index (χ1n) is 7.37. The van der Waals surface area contributed by atoms with E-state index in [0.29, 0.717) is 17.1 Å². The average Bonchev–Trinajstić information content (AvgIpc) is 2.48. The van der Waals surface area contributed by atoms with Gasteiger partial charge in [0.1, 0.15) is 0 Å². The summed E-state index contributed by atoms with van der Waals surface area (Å²) in [7, 11) is 0. The largest absolute Gasteiger partial charge is 0.493 e. The van der Waals surface area contributed by atoms with Gasteiger partial charge < -0.3 is 15.0 Å². The van der Waals surface area contributed by atoms with E-state index in [1.54, 1.807) is 11.8 Å². The van der Waals surface area contributed by atoms with E-state index >= 15 is 0 Å². The highest BCUT2D eigenvalue weighted by Crippen LogP contribution is 2.18. The van der Waals surface area contributed by atoms with E-state index in [1.165, 1.54) is 44.1 Å². The van der Waals surface area contributed by atoms with E-state index < -0.39 is 0 Å². The minimum absolute atomic E-state index is 0.117. The van der Waals surface area contributed by atoms with Crippen LogP contribution in [0.1, 0.15) is 24.8 Å². The molecule has 0 aliphatic carbocycles. The van der Waals surface area contributed by atoms with Gasteiger partial charge in [-0.05, 0) is 44.4 Å². The topological polar surface area (TPSA) is 69.2 Å². The van der Waals surface area contributed by atoms with Crippen molar-refractivity contribution in [3.63, 3.8) is 0 Å². The highest BCUT2D eigenvalue weighted by molar-refractivity contribution is 7.99. The van der Waals surface area contributed by atoms with Crippen molar-refractivity contribution < 1.29 is 5.11 Å². The van der Waals surface area contributed by atoms with Gasteiger partial charge in [-0.25, -0.2) is 0 Å². The number of aromatic hydroxyl groups is 1. The summed E-state index contributed by atoms with van der Waals surface area (Å²) < 4.78 is 0. The van der Waals surface area contributed by atoms with Gasteiger partial charge in [0.25, 0.3) is 5.56 Å². The SMILES string of the molecule is CSCCc1c(O)nc(SCCN2CCCCC2)[nH]c1=O. The Hall–Kier alpha value is -0.660. The molecule has 21 heavy (non-hydrogen) atoms. The fourth-order valence-electron chi connectivity index (χ4n) is 2.42. The molecule has 2 heterocycles. The normalized spacial score (nSPS) is 16.2. The van der Waals surface area contributed by atoms with Crippen molar-refractivity contribution in [2.24, 2.45) is 0 Å². The van der Waals surface area contributed by atoms with Crippen LogP contribution < -0.4 is 5.56 Å². The van der Waals surface area contributed by atoms with Gasteiger partial charge in [-0.2, -0.15) is 16.7 Å². The number of aromatic amines is 1. The first kappa shape index (κ1) is 16.7. The number of rotatable bonds is 7. The Morgan fingerprint density at radius 2 is 2.05 bits per heavy atom. The second-order valence-electron chi connectivity index (χ2n) is 5.17. The molecule has 1 aliphatic rings. The van der Waals surface area contributed by atoms with Crippen molar-refractivity contribution in [1.29, 1.82) is 0 Å². The Kier molecular flexibility index (Phi) is 6.92. The third-order valence-corrected chi connectivity index (χ3v) is 5.09. The molecule has 0 unspecified atom stereocenters. The molecule has 1 aromatic rings. The van der Waals surface area contributed by atoms with Gasteiger partial charge >= 0.3 is 0 Å². The molecule has 0 radical (unpaired) electrons. The zero-order valence-electron chi connectivity index (χ0n) is 12.4. The van der Waals surface area contributed by atoms with Gasteiger partial charge in [-0.15, -0.1) is 0 Å². The summed E-state index contributed by atoms with van der Waals surface area (Å²) in [5.41, 5.74) is 0.182. The zero-order valence-corrected chi connectivity index (χ0v) is 14.1. The van der Waals surface area contributed by atoms with Gasteiger partial charge in [0.2, 0.25) is 5.88 Å². The molecule has 0 spiro atoms. The van der Waals surface area contributed by atoms with E-state index in [1.807, 2.05) is 6.26 Å². The standard InChI is InChI=1S/C14H23N3O2S2/c1-20-9-5-11-12(18)15-14(16-13(11)19)21-10-8-17-6-3-2-4-7-17/h2-10H2,1H3,(H2,15,16,18,19). The molecule has 2 N–H and O–H groups in total. The number of aromatic nitrogens is 2. The maximum Gasteiger partial charge on any atom is 0.258 e. The highest BCUT2D eigenvalue weighted by Gasteiger charge is 2.12. The van der Waals surface area contributed by atoms with Crippen molar-refractivity contribution in [1.82, 2.24) is 14.9 Å². The Bertz CT molecular complexity index is 501. The van der Waals surface area contributed by atoms with Crippen LogP contribution >= 0.6 is 23.5 Å². The summed E-state index contributed by atoms with van der Waals surface area (Å²) in [6.07, 6.45) is 6.43. The van der Waals surface area contributed by atoms with Crippen LogP contribution in [0, 0.1) is 0 Å². The number of thioether (sulfide) groups is 2. The molecule has 118 valence electrons. The number of hydrogen-bond acceptors (Lipinski definition) is 6. The van der Waals surface area contributed by atoms with Crippen molar-refractivity contribution in [3.8, 4) is 5.88 Å². The van der Waals surface area contributed by atoms with E-state index in [-0.39, 0.29) is 11.4 Å². The molecule has 0 aromatic carbocycles. The van der Waals surface area contributed by atoms with Crippen LogP contribution in [0.5, 0.6) is 5.88 Å². The van der Waals surface area contributed by atoms with Gasteiger partial charge in [0.15, 0.2) is 5.16 Å². The van der Waals surface area contributed by atoms with E-state index in [2.05, 4.69) is 14.9 Å². The summed E-state index contributed by atoms with van der Waals surface area (Å²) in [6, 6.07) is 0. The van der Waals surface area contributed by atoms with Gasteiger partial charge in [-0.3, -0.25) is 4.79 Å². The Labute approximate surface area is 133 Å². The molecule has 0 atom stereocenters. The third-order valence-electron chi connectivity index (χ3n) is 3.62. The molecule has 2 rings (SSSR count). The zero-order chi connectivity index (χ0) is 15.1. The second-order valence-corrected chi connectivity index (χ2v) is 7.24. The third kappa shape index (κ3) is 5.23. The number of hydrogen-bond donors (Lipinski definition) is 2. The number of piperidine rings is 1. The maximum atomic E-state index is 11.9. The summed E-state index contributed by atoms with van der Waals surface area (Å²) in [5, 5.41) is 10.4. The lowest BCUT2D eigenvalue weighted by Crippen LogP contribution is -2.31. The Morgan fingerprint density at radius 3 is 2.71 bits per heavy atom. The summed E-state index contributed by atoms with van der Waals surface area (Å²) >= 11 is 3.15. The van der Waals surface area contributed by atoms with Gasteiger partial charge in [0, 0.05) is 12.3 Å². The minimum Gasteiger partial charge on any atom is -0.493 e. The van der Waals surface area contributed by atoms with Crippen molar-refractivity contribution in [2.75, 3.05) is 37.4 Å². The van der Waals surface area contributed by atoms with E-state index in [0.717, 1.165) is 18.1 Å². The fraction of sp³-hybridized carbons (Fsp3) is 0.714. The Balaban J connectivity index is 1.87. The molecular formula is C14H23N3O2S2. The van der Waals surface area contributed by atoms with Crippen LogP contribution in [-0.2, 0) is 6.42 Å². The second kappa shape index (κ2) is 8.70. The molecule has 1 aliphatic heterocycles. The van der Waals surface area contributed by atoms with Gasteiger partial charge in [0.05, 0.1) is 5.56 Å². The maximum absolute atomic E-state index is 11.9. The number of likely N-dealkylation sites (tertiary alicyclic amines) is 1. The number of nitrogens with zero attached hydrogens (tertiary/aromatic N) is 2. The summed E-state index contributed by atoms with van der Waals surface area (Å²) in [5.74, 6) is 1.57. The smallest absolute Gasteiger partial charge is 0.258 e. The predicted octanol–water partition coefficient (Wildman–Crippen LogP) is 1.96. The van der Waals surface area contributed by atoms with Gasteiger partial charge in [-0.1, -0.05) is 18.2 Å². The van der Waals surface area contributed by atoms with Crippen LogP contribution in [0.15, 0.2) is 9.95 Å². The molecule has 0 bridgehead atoms. The quantitative estimate of drug-likeness (QED) is 0.589. The fourth-order valence-corrected chi connectivity index (χ4v) is 3.68. The Morgan fingerprint density at radius 1 is 1.29 bits per heavy atom. The van der Waals surface area contributed by atoms with Crippen molar-refractivity contribution >= 4 is 23.5 Å². The van der Waals surface area contributed by atoms with Crippen LogP contribution in [0.3, 0.4) is 0 Å². The lowest BCUT2D eigenvalue weighted by Gasteiger charge is -2.25. The molecule has 5 nitrogen and oxygen atoms in total. The van der Waals surface area contributed by atoms with Crippen LogP contribution in [-0.4, -0.2) is 57.4 Å². The van der Waals surface area contributed by atoms with E-state index in [9.17, 15) is 9.90 Å².